The maximum absolute atomic E-state index is 12.6. The molecule has 0 spiro atoms. The highest BCUT2D eigenvalue weighted by molar-refractivity contribution is 6.00. The average Bonchev–Trinajstić information content (AvgIpc) is 2.78. The van der Waals surface area contributed by atoms with Crippen LogP contribution in [0.5, 0.6) is 17.2 Å². The number of methoxy groups -OCH3 is 2. The van der Waals surface area contributed by atoms with E-state index in [0.29, 0.717) is 35.0 Å². The molecule has 0 amide bonds. The summed E-state index contributed by atoms with van der Waals surface area (Å²) in [4.78, 5) is 12.6. The van der Waals surface area contributed by atoms with Gasteiger partial charge in [-0.25, -0.2) is 0 Å². The van der Waals surface area contributed by atoms with Gasteiger partial charge in [0.15, 0.2) is 17.3 Å². The van der Waals surface area contributed by atoms with Gasteiger partial charge in [0.25, 0.3) is 0 Å². The van der Waals surface area contributed by atoms with Crippen LogP contribution >= 0.6 is 0 Å². The normalized spacial score (nSPS) is 12.1. The van der Waals surface area contributed by atoms with Crippen molar-refractivity contribution >= 4 is 5.78 Å². The van der Waals surface area contributed by atoms with Gasteiger partial charge in [0, 0.05) is 5.56 Å². The summed E-state index contributed by atoms with van der Waals surface area (Å²) in [5, 5.41) is 10.6. The molecule has 0 fully saturated rings. The number of hydrogen-bond donors (Lipinski definition) is 1. The molecule has 1 N–H and O–H groups in total. The molecule has 2 rings (SSSR count). The van der Waals surface area contributed by atoms with Crippen molar-refractivity contribution in [3.05, 3.63) is 76.9 Å². The lowest BCUT2D eigenvalue weighted by atomic mass is 9.99. The van der Waals surface area contributed by atoms with E-state index in [1.165, 1.54) is 25.4 Å². The van der Waals surface area contributed by atoms with E-state index in [1.54, 1.807) is 36.4 Å². The van der Waals surface area contributed by atoms with Crippen molar-refractivity contribution in [1.82, 2.24) is 0 Å². The molecule has 2 aromatic carbocycles. The molecule has 0 saturated carbocycles. The summed E-state index contributed by atoms with van der Waals surface area (Å²) in [6.07, 6.45) is 4.87. The minimum Gasteiger partial charge on any atom is -0.493 e. The third-order valence-electron chi connectivity index (χ3n) is 4.86. The predicted molar refractivity (Wildman–Crippen MR) is 123 cm³/mol. The number of aliphatic hydroxyl groups is 1. The summed E-state index contributed by atoms with van der Waals surface area (Å²) in [6.45, 7) is 6.62. The van der Waals surface area contributed by atoms with Gasteiger partial charge in [0.2, 0.25) is 5.75 Å². The Morgan fingerprint density at radius 3 is 2.16 bits per heavy atom. The highest BCUT2D eigenvalue weighted by Gasteiger charge is 2.23. The van der Waals surface area contributed by atoms with E-state index in [0.717, 1.165) is 12.8 Å². The molecule has 0 aliphatic carbocycles. The van der Waals surface area contributed by atoms with E-state index in [1.807, 2.05) is 12.1 Å². The van der Waals surface area contributed by atoms with Gasteiger partial charge >= 0.3 is 0 Å². The SMILES string of the molecule is COc1cc(C(O)C(=O)c2ccccc2)cc(OC)c1OC/C=C(/C)CCC=C(C)C. The van der Waals surface area contributed by atoms with Crippen molar-refractivity contribution in [2.45, 2.75) is 39.7 Å². The first-order valence-corrected chi connectivity index (χ1v) is 10.3. The number of Topliss-reactive ketones (excluding diaryl/α,β-unsaturated/α-hetero) is 1. The fraction of sp³-hybridized carbons (Fsp3) is 0.346. The monoisotopic (exact) mass is 424 g/mol. The van der Waals surface area contributed by atoms with Crippen LogP contribution in [0, 0.1) is 0 Å². The third-order valence-corrected chi connectivity index (χ3v) is 4.86. The Kier molecular flexibility index (Phi) is 9.35. The Hall–Kier alpha value is -3.05. The van der Waals surface area contributed by atoms with Crippen molar-refractivity contribution in [1.29, 1.82) is 0 Å². The summed E-state index contributed by atoms with van der Waals surface area (Å²) in [5.74, 6) is 0.824. The van der Waals surface area contributed by atoms with Crippen LogP contribution in [0.4, 0.5) is 0 Å². The van der Waals surface area contributed by atoms with E-state index in [9.17, 15) is 9.90 Å². The van der Waals surface area contributed by atoms with Gasteiger partial charge in [0.1, 0.15) is 12.7 Å². The minimum absolute atomic E-state index is 0.359. The average molecular weight is 425 g/mol. The molecule has 0 aliphatic heterocycles. The molecule has 31 heavy (non-hydrogen) atoms. The van der Waals surface area contributed by atoms with Gasteiger partial charge in [0.05, 0.1) is 14.2 Å². The number of allylic oxidation sites excluding steroid dienone is 3. The van der Waals surface area contributed by atoms with Gasteiger partial charge in [-0.15, -0.1) is 0 Å². The van der Waals surface area contributed by atoms with Crippen LogP contribution in [0.1, 0.15) is 55.6 Å². The van der Waals surface area contributed by atoms with E-state index in [2.05, 4.69) is 26.8 Å². The summed E-state index contributed by atoms with van der Waals surface area (Å²) in [6, 6.07) is 11.9. The lowest BCUT2D eigenvalue weighted by molar-refractivity contribution is 0.0746. The van der Waals surface area contributed by atoms with Crippen molar-refractivity contribution in [2.24, 2.45) is 0 Å². The number of aliphatic hydroxyl groups excluding tert-OH is 1. The molecule has 5 nitrogen and oxygen atoms in total. The number of carbonyl (C=O) groups excluding carboxylic acids is 1. The lowest BCUT2D eigenvalue weighted by Gasteiger charge is -2.17. The van der Waals surface area contributed by atoms with E-state index < -0.39 is 11.9 Å². The number of hydrogen-bond acceptors (Lipinski definition) is 5. The van der Waals surface area contributed by atoms with Crippen LogP contribution in [0.3, 0.4) is 0 Å². The second-order valence-corrected chi connectivity index (χ2v) is 7.57. The molecule has 5 heteroatoms. The van der Waals surface area contributed by atoms with Crippen LogP contribution in [0.2, 0.25) is 0 Å². The first-order chi connectivity index (χ1) is 14.9. The highest BCUT2D eigenvalue weighted by atomic mass is 16.5. The molecule has 0 bridgehead atoms. The van der Waals surface area contributed by atoms with Gasteiger partial charge in [-0.05, 0) is 57.4 Å². The van der Waals surface area contributed by atoms with Crippen LogP contribution in [0.25, 0.3) is 0 Å². The van der Waals surface area contributed by atoms with Crippen molar-refractivity contribution < 1.29 is 24.1 Å². The molecule has 0 aromatic heterocycles. The van der Waals surface area contributed by atoms with E-state index in [4.69, 9.17) is 14.2 Å². The predicted octanol–water partition coefficient (Wildman–Crippen LogP) is 5.69. The topological polar surface area (TPSA) is 65.0 Å². The number of carbonyl (C=O) groups is 1. The van der Waals surface area contributed by atoms with Crippen LogP contribution in [-0.2, 0) is 0 Å². The van der Waals surface area contributed by atoms with E-state index in [-0.39, 0.29) is 0 Å². The fourth-order valence-corrected chi connectivity index (χ4v) is 3.07. The molecular weight excluding hydrogens is 392 g/mol. The number of ether oxygens (including phenoxy) is 3. The standard InChI is InChI=1S/C26H32O5/c1-18(2)10-9-11-19(3)14-15-31-26-22(29-4)16-21(17-23(26)30-5)25(28)24(27)20-12-7-6-8-13-20/h6-8,10,12-14,16-17,25,28H,9,11,15H2,1-5H3/b19-14-. The van der Waals surface area contributed by atoms with Crippen LogP contribution in [0.15, 0.2) is 65.8 Å². The lowest BCUT2D eigenvalue weighted by Crippen LogP contribution is -2.13. The first-order valence-electron chi connectivity index (χ1n) is 10.3. The minimum atomic E-state index is -1.34. The van der Waals surface area contributed by atoms with Gasteiger partial charge < -0.3 is 19.3 Å². The zero-order chi connectivity index (χ0) is 22.8. The zero-order valence-corrected chi connectivity index (χ0v) is 19.0. The summed E-state index contributed by atoms with van der Waals surface area (Å²) in [5.41, 5.74) is 3.35. The Morgan fingerprint density at radius 1 is 1.00 bits per heavy atom. The van der Waals surface area contributed by atoms with Crippen molar-refractivity contribution in [2.75, 3.05) is 20.8 Å². The van der Waals surface area contributed by atoms with Crippen molar-refractivity contribution in [3.8, 4) is 17.2 Å². The maximum Gasteiger partial charge on any atom is 0.203 e. The smallest absolute Gasteiger partial charge is 0.203 e. The molecule has 1 unspecified atom stereocenters. The van der Waals surface area contributed by atoms with Crippen LogP contribution in [-0.4, -0.2) is 31.7 Å². The van der Waals surface area contributed by atoms with Gasteiger partial charge in [-0.2, -0.15) is 0 Å². The molecule has 0 saturated heterocycles. The zero-order valence-electron chi connectivity index (χ0n) is 19.0. The second-order valence-electron chi connectivity index (χ2n) is 7.57. The Labute approximate surface area is 185 Å². The van der Waals surface area contributed by atoms with Crippen LogP contribution < -0.4 is 14.2 Å². The second kappa shape index (κ2) is 12.0. The number of ketones is 1. The summed E-state index contributed by atoms with van der Waals surface area (Å²) >= 11 is 0. The first kappa shape index (κ1) is 24.2. The van der Waals surface area contributed by atoms with Gasteiger partial charge in [-0.1, -0.05) is 47.6 Å². The Bertz CT molecular complexity index is 899. The van der Waals surface area contributed by atoms with Crippen molar-refractivity contribution in [3.63, 3.8) is 0 Å². The Morgan fingerprint density at radius 2 is 1.61 bits per heavy atom. The Balaban J connectivity index is 2.18. The molecule has 0 heterocycles. The highest BCUT2D eigenvalue weighted by Crippen LogP contribution is 2.40. The molecule has 2 aromatic rings. The largest absolute Gasteiger partial charge is 0.493 e. The third kappa shape index (κ3) is 7.00. The molecule has 166 valence electrons. The molecule has 1 atom stereocenters. The fourth-order valence-electron chi connectivity index (χ4n) is 3.07. The van der Waals surface area contributed by atoms with Gasteiger partial charge in [-0.3, -0.25) is 4.79 Å². The molecule has 0 aliphatic rings. The summed E-state index contributed by atoms with van der Waals surface area (Å²) in [7, 11) is 3.02. The molecular formula is C26H32O5. The number of rotatable bonds is 11. The quantitative estimate of drug-likeness (QED) is 0.371. The van der Waals surface area contributed by atoms with E-state index >= 15 is 0 Å². The summed E-state index contributed by atoms with van der Waals surface area (Å²) < 4.78 is 16.8. The number of benzene rings is 2. The molecule has 0 radical (unpaired) electrons. The maximum atomic E-state index is 12.6.